The molecule has 0 bridgehead atoms. The van der Waals surface area contributed by atoms with E-state index in [9.17, 15) is 13.2 Å². The van der Waals surface area contributed by atoms with Crippen LogP contribution in [0.2, 0.25) is 0 Å². The monoisotopic (exact) mass is 278 g/mol. The highest BCUT2D eigenvalue weighted by Crippen LogP contribution is 2.38. The number of para-hydroxylation sites is 1. The Balaban J connectivity index is 2.16. The number of aromatic nitrogens is 1. The molecular weight excluding hydrogens is 263 g/mol. The van der Waals surface area contributed by atoms with Crippen LogP contribution in [-0.2, 0) is 6.18 Å². The van der Waals surface area contributed by atoms with Gasteiger partial charge in [0.1, 0.15) is 5.69 Å². The molecule has 1 aromatic carbocycles. The molecule has 0 atom stereocenters. The fourth-order valence-electron chi connectivity index (χ4n) is 2.92. The average Bonchev–Trinajstić information content (AvgIpc) is 2.46. The second-order valence-electron chi connectivity index (χ2n) is 5.25. The maximum atomic E-state index is 13.0. The van der Waals surface area contributed by atoms with Crippen molar-refractivity contribution in [3.63, 3.8) is 0 Å². The Morgan fingerprint density at radius 3 is 2.45 bits per heavy atom. The molecule has 1 saturated carbocycles. The van der Waals surface area contributed by atoms with Crippen LogP contribution in [0.3, 0.4) is 0 Å². The van der Waals surface area contributed by atoms with Crippen LogP contribution in [-0.4, -0.2) is 4.98 Å². The van der Waals surface area contributed by atoms with Gasteiger partial charge in [-0.2, -0.15) is 13.2 Å². The summed E-state index contributed by atoms with van der Waals surface area (Å²) in [7, 11) is 0. The molecule has 3 rings (SSSR count). The van der Waals surface area contributed by atoms with E-state index in [1.54, 1.807) is 12.1 Å². The fraction of sp³-hybridized carbons (Fsp3) is 0.375. The highest BCUT2D eigenvalue weighted by molar-refractivity contribution is 5.83. The van der Waals surface area contributed by atoms with Crippen molar-refractivity contribution in [3.05, 3.63) is 48.0 Å². The topological polar surface area (TPSA) is 12.9 Å². The SMILES string of the molecule is FC(F)(F)c1cc(C2CC[CH]CC2)c2ccccc2n1. The zero-order chi connectivity index (χ0) is 14.2. The van der Waals surface area contributed by atoms with E-state index < -0.39 is 11.9 Å². The van der Waals surface area contributed by atoms with E-state index in [0.717, 1.165) is 36.6 Å². The summed E-state index contributed by atoms with van der Waals surface area (Å²) >= 11 is 0. The summed E-state index contributed by atoms with van der Waals surface area (Å²) in [6.07, 6.45) is 1.62. The van der Waals surface area contributed by atoms with Crippen molar-refractivity contribution < 1.29 is 13.2 Å². The lowest BCUT2D eigenvalue weighted by Gasteiger charge is -2.24. The first-order chi connectivity index (χ1) is 9.55. The molecule has 0 unspecified atom stereocenters. The van der Waals surface area contributed by atoms with E-state index in [-0.39, 0.29) is 5.92 Å². The summed E-state index contributed by atoms with van der Waals surface area (Å²) in [5.41, 5.74) is 0.462. The van der Waals surface area contributed by atoms with Crippen molar-refractivity contribution in [2.75, 3.05) is 0 Å². The Bertz CT molecular complexity index is 613. The molecule has 1 aromatic heterocycles. The third kappa shape index (κ3) is 2.51. The molecular formula is C16H15F3N. The Labute approximate surface area is 115 Å². The molecule has 4 heteroatoms. The minimum absolute atomic E-state index is 0.203. The largest absolute Gasteiger partial charge is 0.433 e. The van der Waals surface area contributed by atoms with Gasteiger partial charge in [0.15, 0.2) is 0 Å². The van der Waals surface area contributed by atoms with Crippen LogP contribution < -0.4 is 0 Å². The van der Waals surface area contributed by atoms with E-state index in [2.05, 4.69) is 11.4 Å². The van der Waals surface area contributed by atoms with Crippen molar-refractivity contribution in [2.24, 2.45) is 0 Å². The molecule has 0 spiro atoms. The van der Waals surface area contributed by atoms with Crippen LogP contribution in [0.4, 0.5) is 13.2 Å². The molecule has 2 aromatic rings. The predicted octanol–water partition coefficient (Wildman–Crippen LogP) is 5.12. The predicted molar refractivity (Wildman–Crippen MR) is 72.3 cm³/mol. The first-order valence-electron chi connectivity index (χ1n) is 6.84. The molecule has 1 fully saturated rings. The second-order valence-corrected chi connectivity index (χ2v) is 5.25. The van der Waals surface area contributed by atoms with Crippen LogP contribution in [0.1, 0.15) is 42.9 Å². The Hall–Kier alpha value is -1.58. The van der Waals surface area contributed by atoms with E-state index in [1.807, 2.05) is 12.1 Å². The number of benzene rings is 1. The van der Waals surface area contributed by atoms with Crippen LogP contribution in [0, 0.1) is 6.42 Å². The van der Waals surface area contributed by atoms with Gasteiger partial charge in [-0.3, -0.25) is 0 Å². The first kappa shape index (κ1) is 13.4. The van der Waals surface area contributed by atoms with Crippen molar-refractivity contribution in [1.29, 1.82) is 0 Å². The van der Waals surface area contributed by atoms with Gasteiger partial charge in [0.05, 0.1) is 5.52 Å². The van der Waals surface area contributed by atoms with Gasteiger partial charge in [-0.15, -0.1) is 0 Å². The minimum atomic E-state index is -4.39. The summed E-state index contributed by atoms with van der Waals surface area (Å²) in [6, 6.07) is 8.36. The standard InChI is InChI=1S/C16H15F3N/c17-16(18,19)15-10-13(11-6-2-1-3-7-11)12-8-4-5-9-14(12)20-15/h1,4-5,8-11H,2-3,6-7H2. The normalized spacial score (nSPS) is 17.6. The lowest BCUT2D eigenvalue weighted by atomic mass is 9.82. The number of pyridine rings is 1. The number of fused-ring (bicyclic) bond motifs is 1. The van der Waals surface area contributed by atoms with Crippen molar-refractivity contribution in [2.45, 2.75) is 37.8 Å². The Morgan fingerprint density at radius 2 is 1.75 bits per heavy atom. The van der Waals surface area contributed by atoms with Gasteiger partial charge in [-0.05, 0) is 55.7 Å². The molecule has 0 saturated heterocycles. The lowest BCUT2D eigenvalue weighted by molar-refractivity contribution is -0.141. The number of hydrogen-bond donors (Lipinski definition) is 0. The fourth-order valence-corrected chi connectivity index (χ4v) is 2.92. The third-order valence-corrected chi connectivity index (χ3v) is 3.92. The van der Waals surface area contributed by atoms with Crippen molar-refractivity contribution in [3.8, 4) is 0 Å². The van der Waals surface area contributed by atoms with Crippen LogP contribution in [0.5, 0.6) is 0 Å². The van der Waals surface area contributed by atoms with Crippen molar-refractivity contribution in [1.82, 2.24) is 4.98 Å². The van der Waals surface area contributed by atoms with E-state index in [0.29, 0.717) is 5.52 Å². The van der Waals surface area contributed by atoms with E-state index >= 15 is 0 Å². The molecule has 1 aliphatic carbocycles. The van der Waals surface area contributed by atoms with Gasteiger partial charge in [-0.1, -0.05) is 18.2 Å². The van der Waals surface area contributed by atoms with Crippen molar-refractivity contribution >= 4 is 10.9 Å². The zero-order valence-electron chi connectivity index (χ0n) is 11.0. The van der Waals surface area contributed by atoms with E-state index in [1.165, 1.54) is 6.07 Å². The van der Waals surface area contributed by atoms with Gasteiger partial charge in [-0.25, -0.2) is 4.98 Å². The highest BCUT2D eigenvalue weighted by atomic mass is 19.4. The van der Waals surface area contributed by atoms with E-state index in [4.69, 9.17) is 0 Å². The summed E-state index contributed by atoms with van der Waals surface area (Å²) in [4.78, 5) is 3.77. The van der Waals surface area contributed by atoms with Gasteiger partial charge in [0, 0.05) is 5.39 Å². The zero-order valence-corrected chi connectivity index (χ0v) is 11.0. The van der Waals surface area contributed by atoms with Gasteiger partial charge >= 0.3 is 6.18 Å². The Morgan fingerprint density at radius 1 is 1.05 bits per heavy atom. The quantitative estimate of drug-likeness (QED) is 0.706. The van der Waals surface area contributed by atoms with Gasteiger partial charge in [0.25, 0.3) is 0 Å². The molecule has 1 radical (unpaired) electrons. The maximum absolute atomic E-state index is 13.0. The molecule has 105 valence electrons. The van der Waals surface area contributed by atoms with Crippen LogP contribution in [0.15, 0.2) is 30.3 Å². The summed E-state index contributed by atoms with van der Waals surface area (Å²) in [6.45, 7) is 0. The lowest BCUT2D eigenvalue weighted by Crippen LogP contribution is -2.12. The van der Waals surface area contributed by atoms with Crippen LogP contribution in [0.25, 0.3) is 10.9 Å². The highest BCUT2D eigenvalue weighted by Gasteiger charge is 2.34. The third-order valence-electron chi connectivity index (χ3n) is 3.92. The molecule has 0 N–H and O–H groups in total. The second kappa shape index (κ2) is 5.08. The summed E-state index contributed by atoms with van der Waals surface area (Å²) in [5.74, 6) is 0.203. The average molecular weight is 278 g/mol. The number of rotatable bonds is 1. The smallest absolute Gasteiger partial charge is 0.243 e. The number of nitrogens with zero attached hydrogens (tertiary/aromatic N) is 1. The van der Waals surface area contributed by atoms with Gasteiger partial charge < -0.3 is 0 Å². The van der Waals surface area contributed by atoms with Gasteiger partial charge in [0.2, 0.25) is 0 Å². The maximum Gasteiger partial charge on any atom is 0.433 e. The molecule has 1 nitrogen and oxygen atoms in total. The number of hydrogen-bond acceptors (Lipinski definition) is 1. The minimum Gasteiger partial charge on any atom is -0.243 e. The molecule has 0 aliphatic heterocycles. The first-order valence-corrected chi connectivity index (χ1v) is 6.84. The molecule has 1 aliphatic rings. The Kier molecular flexibility index (Phi) is 3.40. The summed E-state index contributed by atoms with van der Waals surface area (Å²) in [5, 5.41) is 0.854. The number of halogens is 3. The van der Waals surface area contributed by atoms with Crippen LogP contribution >= 0.6 is 0 Å². The molecule has 20 heavy (non-hydrogen) atoms. The number of alkyl halides is 3. The molecule has 1 heterocycles. The summed E-state index contributed by atoms with van der Waals surface area (Å²) < 4.78 is 39.0. The molecule has 0 amide bonds.